The van der Waals surface area contributed by atoms with Crippen LogP contribution in [0.1, 0.15) is 26.7 Å². The highest BCUT2D eigenvalue weighted by molar-refractivity contribution is 7.89. The molecule has 0 aromatic carbocycles. The molecule has 0 aliphatic carbocycles. The summed E-state index contributed by atoms with van der Waals surface area (Å²) in [5.74, 6) is 0.278. The zero-order chi connectivity index (χ0) is 9.90. The van der Waals surface area contributed by atoms with E-state index >= 15 is 0 Å². The fourth-order valence-electron chi connectivity index (χ4n) is 1.39. The third-order valence-corrected chi connectivity index (χ3v) is 4.30. The van der Waals surface area contributed by atoms with Crippen LogP contribution in [0.4, 0.5) is 0 Å². The van der Waals surface area contributed by atoms with E-state index in [0.29, 0.717) is 19.5 Å². The standard InChI is InChI=1S/C9H17NO2S/c1-3-8-13(11,12)10-6-4-9(2)5-7-10/h4H,3,5-8H2,1-2H3. The van der Waals surface area contributed by atoms with Gasteiger partial charge in [0.15, 0.2) is 0 Å². The lowest BCUT2D eigenvalue weighted by atomic mass is 10.1. The van der Waals surface area contributed by atoms with Crippen LogP contribution in [0.2, 0.25) is 0 Å². The summed E-state index contributed by atoms with van der Waals surface area (Å²) >= 11 is 0. The molecule has 0 spiro atoms. The largest absolute Gasteiger partial charge is 0.214 e. The van der Waals surface area contributed by atoms with Gasteiger partial charge in [-0.25, -0.2) is 8.42 Å². The first-order chi connectivity index (χ1) is 6.06. The minimum atomic E-state index is -2.97. The normalized spacial score (nSPS) is 20.0. The second kappa shape index (κ2) is 4.24. The third kappa shape index (κ3) is 2.81. The minimum absolute atomic E-state index is 0.278. The maximum absolute atomic E-state index is 11.6. The molecule has 1 heterocycles. The Bertz CT molecular complexity index is 293. The quantitative estimate of drug-likeness (QED) is 0.650. The van der Waals surface area contributed by atoms with E-state index in [1.54, 1.807) is 4.31 Å². The Labute approximate surface area is 80.5 Å². The molecule has 0 atom stereocenters. The van der Waals surface area contributed by atoms with Gasteiger partial charge in [-0.15, -0.1) is 0 Å². The van der Waals surface area contributed by atoms with Gasteiger partial charge in [0.05, 0.1) is 5.75 Å². The molecule has 1 rings (SSSR count). The third-order valence-electron chi connectivity index (χ3n) is 2.25. The number of hydrogen-bond donors (Lipinski definition) is 0. The van der Waals surface area contributed by atoms with E-state index in [1.807, 2.05) is 19.9 Å². The van der Waals surface area contributed by atoms with Crippen molar-refractivity contribution in [2.45, 2.75) is 26.7 Å². The van der Waals surface area contributed by atoms with E-state index in [0.717, 1.165) is 6.42 Å². The Kier molecular flexibility index (Phi) is 3.50. The average molecular weight is 203 g/mol. The molecule has 0 unspecified atom stereocenters. The molecule has 4 heteroatoms. The second-order valence-electron chi connectivity index (χ2n) is 3.47. The van der Waals surface area contributed by atoms with Crippen molar-refractivity contribution in [1.29, 1.82) is 0 Å². The van der Waals surface area contributed by atoms with Crippen LogP contribution in [0, 0.1) is 0 Å². The predicted octanol–water partition coefficient (Wildman–Crippen LogP) is 1.38. The Morgan fingerprint density at radius 3 is 2.69 bits per heavy atom. The van der Waals surface area contributed by atoms with Crippen LogP contribution in [-0.4, -0.2) is 31.6 Å². The van der Waals surface area contributed by atoms with Gasteiger partial charge in [0, 0.05) is 13.1 Å². The molecule has 13 heavy (non-hydrogen) atoms. The molecule has 1 aliphatic rings. The first kappa shape index (κ1) is 10.7. The van der Waals surface area contributed by atoms with E-state index in [1.165, 1.54) is 5.57 Å². The molecule has 0 saturated heterocycles. The fraction of sp³-hybridized carbons (Fsp3) is 0.778. The molecule has 76 valence electrons. The summed E-state index contributed by atoms with van der Waals surface area (Å²) in [4.78, 5) is 0. The monoisotopic (exact) mass is 203 g/mol. The Balaban J connectivity index is 2.64. The van der Waals surface area contributed by atoms with Gasteiger partial charge in [-0.3, -0.25) is 0 Å². The van der Waals surface area contributed by atoms with Crippen molar-refractivity contribution in [3.05, 3.63) is 11.6 Å². The van der Waals surface area contributed by atoms with Crippen LogP contribution in [0.3, 0.4) is 0 Å². The van der Waals surface area contributed by atoms with Gasteiger partial charge in [0.1, 0.15) is 0 Å². The second-order valence-corrected chi connectivity index (χ2v) is 5.56. The van der Waals surface area contributed by atoms with Crippen LogP contribution in [0.25, 0.3) is 0 Å². The fourth-order valence-corrected chi connectivity index (χ4v) is 2.84. The zero-order valence-electron chi connectivity index (χ0n) is 8.28. The number of hydrogen-bond acceptors (Lipinski definition) is 2. The molecule has 0 aromatic rings. The first-order valence-corrected chi connectivity index (χ1v) is 6.30. The molecule has 0 N–H and O–H groups in total. The summed E-state index contributed by atoms with van der Waals surface area (Å²) < 4.78 is 24.8. The van der Waals surface area contributed by atoms with Crippen LogP contribution < -0.4 is 0 Å². The van der Waals surface area contributed by atoms with E-state index in [2.05, 4.69) is 0 Å². The van der Waals surface area contributed by atoms with E-state index in [4.69, 9.17) is 0 Å². The van der Waals surface area contributed by atoms with Gasteiger partial charge in [0.25, 0.3) is 0 Å². The lowest BCUT2D eigenvalue weighted by Crippen LogP contribution is -2.36. The van der Waals surface area contributed by atoms with Gasteiger partial charge >= 0.3 is 0 Å². The van der Waals surface area contributed by atoms with Crippen molar-refractivity contribution in [2.75, 3.05) is 18.8 Å². The summed E-state index contributed by atoms with van der Waals surface area (Å²) in [6.07, 6.45) is 3.57. The summed E-state index contributed by atoms with van der Waals surface area (Å²) in [6, 6.07) is 0. The maximum Gasteiger partial charge on any atom is 0.214 e. The number of rotatable bonds is 3. The summed E-state index contributed by atoms with van der Waals surface area (Å²) in [5, 5.41) is 0. The minimum Gasteiger partial charge on any atom is -0.212 e. The van der Waals surface area contributed by atoms with Gasteiger partial charge in [-0.2, -0.15) is 4.31 Å². The highest BCUT2D eigenvalue weighted by atomic mass is 32.2. The lowest BCUT2D eigenvalue weighted by molar-refractivity contribution is 0.431. The van der Waals surface area contributed by atoms with Crippen molar-refractivity contribution >= 4 is 10.0 Å². The van der Waals surface area contributed by atoms with Crippen molar-refractivity contribution in [3.63, 3.8) is 0 Å². The first-order valence-electron chi connectivity index (χ1n) is 4.69. The van der Waals surface area contributed by atoms with E-state index in [-0.39, 0.29) is 5.75 Å². The van der Waals surface area contributed by atoms with Crippen molar-refractivity contribution in [3.8, 4) is 0 Å². The van der Waals surface area contributed by atoms with Gasteiger partial charge in [-0.05, 0) is 19.8 Å². The van der Waals surface area contributed by atoms with Crippen LogP contribution in [-0.2, 0) is 10.0 Å². The Hall–Kier alpha value is -0.350. The Morgan fingerprint density at radius 1 is 1.54 bits per heavy atom. The molecule has 0 fully saturated rings. The molecule has 0 amide bonds. The topological polar surface area (TPSA) is 37.4 Å². The summed E-state index contributed by atoms with van der Waals surface area (Å²) in [5.41, 5.74) is 1.29. The van der Waals surface area contributed by atoms with Gasteiger partial charge in [0.2, 0.25) is 10.0 Å². The van der Waals surface area contributed by atoms with Crippen LogP contribution in [0.15, 0.2) is 11.6 Å². The zero-order valence-corrected chi connectivity index (χ0v) is 9.10. The smallest absolute Gasteiger partial charge is 0.212 e. The number of sulfonamides is 1. The highest BCUT2D eigenvalue weighted by Crippen LogP contribution is 2.13. The Morgan fingerprint density at radius 2 is 2.23 bits per heavy atom. The molecule has 1 aliphatic heterocycles. The molecule has 0 saturated carbocycles. The summed E-state index contributed by atoms with van der Waals surface area (Å²) in [6.45, 7) is 5.16. The number of nitrogens with zero attached hydrogens (tertiary/aromatic N) is 1. The lowest BCUT2D eigenvalue weighted by Gasteiger charge is -2.24. The van der Waals surface area contributed by atoms with Gasteiger partial charge < -0.3 is 0 Å². The SMILES string of the molecule is CCCS(=O)(=O)N1CC=C(C)CC1. The van der Waals surface area contributed by atoms with E-state index < -0.39 is 10.0 Å². The molecule has 0 aromatic heterocycles. The highest BCUT2D eigenvalue weighted by Gasteiger charge is 2.21. The van der Waals surface area contributed by atoms with Crippen LogP contribution >= 0.6 is 0 Å². The van der Waals surface area contributed by atoms with Crippen molar-refractivity contribution in [1.82, 2.24) is 4.31 Å². The average Bonchev–Trinajstić information content (AvgIpc) is 2.05. The van der Waals surface area contributed by atoms with Crippen LogP contribution in [0.5, 0.6) is 0 Å². The molecule has 0 bridgehead atoms. The van der Waals surface area contributed by atoms with Crippen molar-refractivity contribution < 1.29 is 8.42 Å². The molecule has 3 nitrogen and oxygen atoms in total. The molecule has 0 radical (unpaired) electrons. The molecular formula is C9H17NO2S. The van der Waals surface area contributed by atoms with Gasteiger partial charge in [-0.1, -0.05) is 18.6 Å². The molecular weight excluding hydrogens is 186 g/mol. The maximum atomic E-state index is 11.6. The summed E-state index contributed by atoms with van der Waals surface area (Å²) in [7, 11) is -2.97. The van der Waals surface area contributed by atoms with E-state index in [9.17, 15) is 8.42 Å². The predicted molar refractivity (Wildman–Crippen MR) is 54.0 cm³/mol. The van der Waals surface area contributed by atoms with Crippen molar-refractivity contribution in [2.24, 2.45) is 0 Å².